The van der Waals surface area contributed by atoms with E-state index < -0.39 is 21.2 Å². The zero-order valence-electron chi connectivity index (χ0n) is 26.1. The minimum atomic E-state index is -2.57. The molecule has 0 heterocycles. The van der Waals surface area contributed by atoms with Crippen molar-refractivity contribution in [3.63, 3.8) is 0 Å². The molecule has 0 saturated carbocycles. The number of methoxy groups -OCH3 is 1. The van der Waals surface area contributed by atoms with Crippen molar-refractivity contribution in [3.05, 3.63) is 91.0 Å². The number of benzene rings is 3. The van der Waals surface area contributed by atoms with E-state index in [1.807, 2.05) is 0 Å². The summed E-state index contributed by atoms with van der Waals surface area (Å²) in [6, 6.07) is 32.0. The predicted molar refractivity (Wildman–Crippen MR) is 176 cm³/mol. The first-order valence-electron chi connectivity index (χ1n) is 14.9. The zero-order valence-corrected chi connectivity index (χ0v) is 29.6. The fourth-order valence-corrected chi connectivity index (χ4v) is 11.8. The molecule has 6 heteroatoms. The maximum atomic E-state index is 14.3. The van der Waals surface area contributed by atoms with Crippen molar-refractivity contribution in [3.8, 4) is 0 Å². The molecule has 3 nitrogen and oxygen atoms in total. The van der Waals surface area contributed by atoms with Gasteiger partial charge in [0.25, 0.3) is 0 Å². The number of hydrogen-bond donors (Lipinski definition) is 0. The Morgan fingerprint density at radius 3 is 1.54 bits per heavy atom. The maximum Gasteiger partial charge on any atom is 0.350 e. The van der Waals surface area contributed by atoms with E-state index in [9.17, 15) is 4.79 Å². The van der Waals surface area contributed by atoms with Gasteiger partial charge in [0.05, 0.1) is 13.2 Å². The van der Waals surface area contributed by atoms with Crippen LogP contribution in [0.1, 0.15) is 66.2 Å². The van der Waals surface area contributed by atoms with Crippen LogP contribution in [0.4, 0.5) is 0 Å². The van der Waals surface area contributed by atoms with Crippen molar-refractivity contribution in [1.82, 2.24) is 0 Å². The Hall–Kier alpha value is -1.78. The van der Waals surface area contributed by atoms with Crippen LogP contribution >= 0.6 is 7.26 Å². The summed E-state index contributed by atoms with van der Waals surface area (Å²) in [5, 5.41) is 3.55. The Bertz CT molecular complexity index is 1070. The van der Waals surface area contributed by atoms with Gasteiger partial charge in [-0.3, -0.25) is 0 Å². The van der Waals surface area contributed by atoms with E-state index in [4.69, 9.17) is 9.16 Å². The molecular formula is C35H50BrO3PSi. The van der Waals surface area contributed by atoms with Crippen molar-refractivity contribution >= 4 is 37.5 Å². The highest BCUT2D eigenvalue weighted by Crippen LogP contribution is 2.62. The van der Waals surface area contributed by atoms with Crippen molar-refractivity contribution in [1.29, 1.82) is 0 Å². The third-order valence-corrected chi connectivity index (χ3v) is 17.8. The molecule has 1 unspecified atom stereocenters. The molecule has 0 aliphatic heterocycles. The number of hydrogen-bond acceptors (Lipinski definition) is 3. The molecule has 0 aliphatic carbocycles. The number of unbranched alkanes of at least 4 members (excludes halogenated alkanes) is 4. The standard InChI is InChI=1S/C35H50O3PSi.BrH/c1-8-9-10-11-21-28-32(38-40(6,7)35(2,3)4)33(34(36)37-5)39(29-22-15-12-16-23-29,30-24-17-13-18-25-30)31-26-19-14-20-27-31;/h12-20,22-27,32-33H,8-11,21,28H2,1-7H3;1H/q+1;/p-1/t32-,33?;/m1./s1. The highest BCUT2D eigenvalue weighted by Gasteiger charge is 2.60. The van der Waals surface area contributed by atoms with Gasteiger partial charge in [0.15, 0.2) is 8.32 Å². The minimum absolute atomic E-state index is 0. The summed E-state index contributed by atoms with van der Waals surface area (Å²) in [6.07, 6.45) is 6.41. The van der Waals surface area contributed by atoms with E-state index in [1.54, 1.807) is 0 Å². The van der Waals surface area contributed by atoms with Gasteiger partial charge in [-0.25, -0.2) is 4.79 Å². The molecule has 0 N–H and O–H groups in total. The first kappa shape index (κ1) is 35.4. The quantitative estimate of drug-likeness (QED) is 0.103. The molecule has 224 valence electrons. The fourth-order valence-electron chi connectivity index (χ4n) is 5.38. The SMILES string of the molecule is CCCCCCC[C@@H](O[Si](C)(C)C(C)(C)C)C(C(=O)OC)[P+](c1ccccc1)(c1ccccc1)c1ccccc1.[Br-]. The smallest absolute Gasteiger partial charge is 0.350 e. The van der Waals surface area contributed by atoms with Crippen LogP contribution in [-0.4, -0.2) is 33.2 Å². The Kier molecular flexibility index (Phi) is 14.0. The van der Waals surface area contributed by atoms with E-state index in [-0.39, 0.29) is 34.1 Å². The van der Waals surface area contributed by atoms with E-state index in [0.717, 1.165) is 19.3 Å². The van der Waals surface area contributed by atoms with Gasteiger partial charge >= 0.3 is 5.97 Å². The zero-order chi connectivity index (χ0) is 29.2. The van der Waals surface area contributed by atoms with E-state index in [1.165, 1.54) is 42.3 Å². The average molecular weight is 658 g/mol. The summed E-state index contributed by atoms with van der Waals surface area (Å²) in [5.74, 6) is -0.179. The fraction of sp³-hybridized carbons (Fsp3) is 0.457. The van der Waals surface area contributed by atoms with E-state index in [0.29, 0.717) is 0 Å². The van der Waals surface area contributed by atoms with Crippen LogP contribution in [-0.2, 0) is 14.0 Å². The lowest BCUT2D eigenvalue weighted by atomic mass is 10.1. The lowest BCUT2D eigenvalue weighted by Gasteiger charge is -2.43. The monoisotopic (exact) mass is 656 g/mol. The van der Waals surface area contributed by atoms with Gasteiger partial charge in [0.1, 0.15) is 23.2 Å². The third kappa shape index (κ3) is 8.41. The Morgan fingerprint density at radius 1 is 0.756 bits per heavy atom. The Morgan fingerprint density at radius 2 is 1.17 bits per heavy atom. The second-order valence-electron chi connectivity index (χ2n) is 12.3. The molecule has 0 aromatic heterocycles. The molecule has 3 aromatic carbocycles. The van der Waals surface area contributed by atoms with E-state index >= 15 is 0 Å². The summed E-state index contributed by atoms with van der Waals surface area (Å²) in [7, 11) is -3.27. The molecular weight excluding hydrogens is 607 g/mol. The molecule has 2 atom stereocenters. The second kappa shape index (κ2) is 16.2. The van der Waals surface area contributed by atoms with Crippen LogP contribution in [0.3, 0.4) is 0 Å². The summed E-state index contributed by atoms with van der Waals surface area (Å²) in [4.78, 5) is 14.3. The van der Waals surface area contributed by atoms with Crippen LogP contribution in [0.15, 0.2) is 91.0 Å². The van der Waals surface area contributed by atoms with Gasteiger partial charge < -0.3 is 26.1 Å². The predicted octanol–water partition coefficient (Wildman–Crippen LogP) is 5.28. The van der Waals surface area contributed by atoms with Gasteiger partial charge in [0.2, 0.25) is 5.66 Å². The molecule has 0 saturated heterocycles. The minimum Gasteiger partial charge on any atom is -1.00 e. The lowest BCUT2D eigenvalue weighted by molar-refractivity contribution is -0.142. The number of esters is 1. The molecule has 3 rings (SSSR count). The molecule has 41 heavy (non-hydrogen) atoms. The van der Waals surface area contributed by atoms with Crippen LogP contribution in [0, 0.1) is 0 Å². The van der Waals surface area contributed by atoms with Crippen LogP contribution in [0.5, 0.6) is 0 Å². The van der Waals surface area contributed by atoms with Gasteiger partial charge in [0, 0.05) is 0 Å². The highest BCUT2D eigenvalue weighted by atomic mass is 79.9. The number of carbonyl (C=O) groups excluding carboxylic acids is 1. The molecule has 0 aliphatic rings. The Balaban J connectivity index is 0.00000588. The largest absolute Gasteiger partial charge is 1.00 e. The van der Waals surface area contributed by atoms with Crippen molar-refractivity contribution in [2.75, 3.05) is 7.11 Å². The summed E-state index contributed by atoms with van der Waals surface area (Å²) < 4.78 is 13.1. The molecule has 0 fully saturated rings. The number of halogens is 1. The maximum absolute atomic E-state index is 14.3. The molecule has 0 spiro atoms. The van der Waals surface area contributed by atoms with Crippen LogP contribution < -0.4 is 32.9 Å². The number of ether oxygens (including phenoxy) is 1. The van der Waals surface area contributed by atoms with Crippen molar-refractivity contribution < 1.29 is 30.9 Å². The normalized spacial score (nSPS) is 13.6. The molecule has 3 aromatic rings. The topological polar surface area (TPSA) is 35.5 Å². The second-order valence-corrected chi connectivity index (χ2v) is 20.6. The third-order valence-electron chi connectivity index (χ3n) is 8.55. The molecule has 0 bridgehead atoms. The van der Waals surface area contributed by atoms with Gasteiger partial charge in [-0.15, -0.1) is 0 Å². The van der Waals surface area contributed by atoms with Crippen LogP contribution in [0.25, 0.3) is 0 Å². The number of rotatable bonds is 14. The first-order valence-corrected chi connectivity index (χ1v) is 19.7. The average Bonchev–Trinajstić information content (AvgIpc) is 2.95. The van der Waals surface area contributed by atoms with Gasteiger partial charge in [-0.2, -0.15) is 0 Å². The van der Waals surface area contributed by atoms with Gasteiger partial charge in [-0.05, 0) is 61.0 Å². The summed E-state index contributed by atoms with van der Waals surface area (Å²) in [6.45, 7) is 13.7. The van der Waals surface area contributed by atoms with E-state index in [2.05, 4.69) is 132 Å². The Labute approximate surface area is 261 Å². The van der Waals surface area contributed by atoms with Gasteiger partial charge in [-0.1, -0.05) is 114 Å². The molecule has 0 amide bonds. The van der Waals surface area contributed by atoms with Crippen molar-refractivity contribution in [2.45, 2.75) is 96.1 Å². The van der Waals surface area contributed by atoms with Crippen molar-refractivity contribution in [2.24, 2.45) is 0 Å². The number of carbonyl (C=O) groups is 1. The lowest BCUT2D eigenvalue weighted by Crippen LogP contribution is -3.00. The highest BCUT2D eigenvalue weighted by molar-refractivity contribution is 7.97. The first-order chi connectivity index (χ1) is 19.1. The molecule has 0 radical (unpaired) electrons. The van der Waals surface area contributed by atoms with Crippen LogP contribution in [0.2, 0.25) is 18.1 Å². The summed E-state index contributed by atoms with van der Waals surface area (Å²) in [5.41, 5.74) is -0.468. The summed E-state index contributed by atoms with van der Waals surface area (Å²) >= 11 is 0.